The lowest BCUT2D eigenvalue weighted by Crippen LogP contribution is -2.01. The van der Waals surface area contributed by atoms with E-state index in [1.54, 1.807) is 0 Å². The van der Waals surface area contributed by atoms with Crippen molar-refractivity contribution in [1.82, 2.24) is 0 Å². The topological polar surface area (TPSA) is 0 Å². The molecular formula is C14H30. The molecule has 0 aromatic heterocycles. The lowest BCUT2D eigenvalue weighted by atomic mass is 9.90. The summed E-state index contributed by atoms with van der Waals surface area (Å²) in [5.41, 5.74) is 0. The van der Waals surface area contributed by atoms with E-state index in [9.17, 15) is 0 Å². The monoisotopic (exact) mass is 198 g/mol. The van der Waals surface area contributed by atoms with E-state index >= 15 is 0 Å². The zero-order chi connectivity index (χ0) is 10.8. The molecule has 0 N–H and O–H groups in total. The van der Waals surface area contributed by atoms with Crippen LogP contribution in [-0.4, -0.2) is 0 Å². The molecule has 0 aliphatic rings. The first-order valence-corrected chi connectivity index (χ1v) is 6.74. The third kappa shape index (κ3) is 7.41. The first-order valence-electron chi connectivity index (χ1n) is 6.74. The summed E-state index contributed by atoms with van der Waals surface area (Å²) in [6, 6.07) is 0. The molecule has 0 saturated heterocycles. The Bertz CT molecular complexity index is 101. The predicted octanol–water partition coefficient (Wildman–Crippen LogP) is 5.42. The minimum Gasteiger partial charge on any atom is -0.0654 e. The van der Waals surface area contributed by atoms with Crippen LogP contribution in [0.3, 0.4) is 0 Å². The second-order valence-electron chi connectivity index (χ2n) is 4.89. The Morgan fingerprint density at radius 1 is 0.786 bits per heavy atom. The predicted molar refractivity (Wildman–Crippen MR) is 66.6 cm³/mol. The molecule has 0 bridgehead atoms. The van der Waals surface area contributed by atoms with Crippen molar-refractivity contribution >= 4 is 0 Å². The first kappa shape index (κ1) is 14.0. The Kier molecular flexibility index (Phi) is 9.55. The second kappa shape index (κ2) is 9.55. The van der Waals surface area contributed by atoms with Crippen molar-refractivity contribution in [2.24, 2.45) is 11.8 Å². The van der Waals surface area contributed by atoms with Gasteiger partial charge in [-0.15, -0.1) is 0 Å². The van der Waals surface area contributed by atoms with E-state index in [4.69, 9.17) is 0 Å². The summed E-state index contributed by atoms with van der Waals surface area (Å²) in [6.07, 6.45) is 11.4. The van der Waals surface area contributed by atoms with Gasteiger partial charge in [0.2, 0.25) is 0 Å². The molecule has 0 heterocycles. The molecule has 0 saturated carbocycles. The van der Waals surface area contributed by atoms with E-state index in [0.717, 1.165) is 11.8 Å². The van der Waals surface area contributed by atoms with Gasteiger partial charge in [0.25, 0.3) is 0 Å². The van der Waals surface area contributed by atoms with Gasteiger partial charge < -0.3 is 0 Å². The zero-order valence-corrected chi connectivity index (χ0v) is 10.8. The third-order valence-electron chi connectivity index (χ3n) is 3.40. The Morgan fingerprint density at radius 2 is 1.36 bits per heavy atom. The van der Waals surface area contributed by atoms with E-state index in [1.165, 1.54) is 51.4 Å². The van der Waals surface area contributed by atoms with Gasteiger partial charge in [-0.05, 0) is 11.8 Å². The first-order chi connectivity index (χ1) is 6.74. The largest absolute Gasteiger partial charge is 0.0654 e. The lowest BCUT2D eigenvalue weighted by molar-refractivity contribution is 0.373. The van der Waals surface area contributed by atoms with Gasteiger partial charge in [-0.3, -0.25) is 0 Å². The fraction of sp³-hybridized carbons (Fsp3) is 1.00. The van der Waals surface area contributed by atoms with Gasteiger partial charge in [0, 0.05) is 0 Å². The normalized spacial score (nSPS) is 13.5. The summed E-state index contributed by atoms with van der Waals surface area (Å²) in [7, 11) is 0. The number of hydrogen-bond acceptors (Lipinski definition) is 0. The van der Waals surface area contributed by atoms with Crippen LogP contribution >= 0.6 is 0 Å². The van der Waals surface area contributed by atoms with Crippen LogP contribution in [0.1, 0.15) is 79.1 Å². The molecule has 0 aromatic carbocycles. The number of hydrogen-bond donors (Lipinski definition) is 0. The molecule has 0 aliphatic heterocycles. The fourth-order valence-electron chi connectivity index (χ4n) is 2.21. The summed E-state index contributed by atoms with van der Waals surface area (Å²) >= 11 is 0. The van der Waals surface area contributed by atoms with Crippen molar-refractivity contribution in [3.63, 3.8) is 0 Å². The molecule has 0 radical (unpaired) electrons. The lowest BCUT2D eigenvalue weighted by Gasteiger charge is -2.16. The Balaban J connectivity index is 3.49. The quantitative estimate of drug-likeness (QED) is 0.464. The van der Waals surface area contributed by atoms with E-state index in [-0.39, 0.29) is 0 Å². The van der Waals surface area contributed by atoms with Crippen LogP contribution in [0.5, 0.6) is 0 Å². The summed E-state index contributed by atoms with van der Waals surface area (Å²) in [5, 5.41) is 0. The molecule has 0 nitrogen and oxygen atoms in total. The summed E-state index contributed by atoms with van der Waals surface area (Å²) < 4.78 is 0. The average Bonchev–Trinajstić information content (AvgIpc) is 2.18. The third-order valence-corrected chi connectivity index (χ3v) is 3.40. The maximum absolute atomic E-state index is 2.38. The molecule has 0 aliphatic carbocycles. The minimum absolute atomic E-state index is 0.943. The average molecular weight is 198 g/mol. The van der Waals surface area contributed by atoms with Crippen LogP contribution in [-0.2, 0) is 0 Å². The molecule has 86 valence electrons. The molecule has 0 fully saturated rings. The van der Waals surface area contributed by atoms with Crippen LogP contribution in [0.2, 0.25) is 0 Å². The van der Waals surface area contributed by atoms with Crippen molar-refractivity contribution in [3.05, 3.63) is 0 Å². The highest BCUT2D eigenvalue weighted by molar-refractivity contribution is 4.60. The highest BCUT2D eigenvalue weighted by atomic mass is 14.1. The SMILES string of the molecule is CCCC(CCC)CCC[C@@H](C)CC. The van der Waals surface area contributed by atoms with Gasteiger partial charge in [-0.1, -0.05) is 79.1 Å². The Labute approximate surface area is 91.5 Å². The summed E-state index contributed by atoms with van der Waals surface area (Å²) in [5.74, 6) is 1.97. The second-order valence-corrected chi connectivity index (χ2v) is 4.89. The molecule has 0 unspecified atom stereocenters. The zero-order valence-electron chi connectivity index (χ0n) is 10.8. The van der Waals surface area contributed by atoms with E-state index < -0.39 is 0 Å². The van der Waals surface area contributed by atoms with E-state index in [2.05, 4.69) is 27.7 Å². The molecule has 0 aromatic rings. The van der Waals surface area contributed by atoms with Crippen molar-refractivity contribution in [3.8, 4) is 0 Å². The molecule has 14 heavy (non-hydrogen) atoms. The molecule has 1 atom stereocenters. The highest BCUT2D eigenvalue weighted by Crippen LogP contribution is 2.22. The van der Waals surface area contributed by atoms with Gasteiger partial charge in [0.15, 0.2) is 0 Å². The van der Waals surface area contributed by atoms with Crippen LogP contribution in [0.15, 0.2) is 0 Å². The number of rotatable bonds is 9. The fourth-order valence-corrected chi connectivity index (χ4v) is 2.21. The van der Waals surface area contributed by atoms with Gasteiger partial charge in [-0.2, -0.15) is 0 Å². The standard InChI is InChI=1S/C14H30/c1-5-9-14(10-6-2)12-8-11-13(4)7-3/h13-14H,5-12H2,1-4H3/t13-/m0/s1. The van der Waals surface area contributed by atoms with Crippen LogP contribution in [0.4, 0.5) is 0 Å². The van der Waals surface area contributed by atoms with E-state index in [1.807, 2.05) is 0 Å². The van der Waals surface area contributed by atoms with Gasteiger partial charge in [0.1, 0.15) is 0 Å². The summed E-state index contributed by atoms with van der Waals surface area (Å²) in [6.45, 7) is 9.32. The van der Waals surface area contributed by atoms with Gasteiger partial charge in [0.05, 0.1) is 0 Å². The molecule has 0 spiro atoms. The van der Waals surface area contributed by atoms with Crippen LogP contribution < -0.4 is 0 Å². The summed E-state index contributed by atoms with van der Waals surface area (Å²) in [4.78, 5) is 0. The van der Waals surface area contributed by atoms with Crippen molar-refractivity contribution < 1.29 is 0 Å². The molecule has 0 heteroatoms. The smallest absolute Gasteiger partial charge is 0.0414 e. The Morgan fingerprint density at radius 3 is 1.79 bits per heavy atom. The van der Waals surface area contributed by atoms with E-state index in [0.29, 0.717) is 0 Å². The van der Waals surface area contributed by atoms with Crippen LogP contribution in [0.25, 0.3) is 0 Å². The maximum atomic E-state index is 2.38. The minimum atomic E-state index is 0.943. The van der Waals surface area contributed by atoms with Gasteiger partial charge in [-0.25, -0.2) is 0 Å². The van der Waals surface area contributed by atoms with Crippen molar-refractivity contribution in [1.29, 1.82) is 0 Å². The molecular weight excluding hydrogens is 168 g/mol. The molecule has 0 rings (SSSR count). The Hall–Kier alpha value is 0. The van der Waals surface area contributed by atoms with Crippen LogP contribution in [0, 0.1) is 11.8 Å². The van der Waals surface area contributed by atoms with Crippen molar-refractivity contribution in [2.75, 3.05) is 0 Å². The maximum Gasteiger partial charge on any atom is -0.0414 e. The highest BCUT2D eigenvalue weighted by Gasteiger charge is 2.07. The molecule has 0 amide bonds. The van der Waals surface area contributed by atoms with Crippen molar-refractivity contribution in [2.45, 2.75) is 79.1 Å². The van der Waals surface area contributed by atoms with Gasteiger partial charge >= 0.3 is 0 Å².